The highest BCUT2D eigenvalue weighted by Gasteiger charge is 2.04. The quantitative estimate of drug-likeness (QED) is 0.698. The van der Waals surface area contributed by atoms with Gasteiger partial charge in [-0.05, 0) is 28.4 Å². The number of hydrogen-bond acceptors (Lipinski definition) is 0. The van der Waals surface area contributed by atoms with E-state index in [-0.39, 0.29) is 0 Å². The summed E-state index contributed by atoms with van der Waals surface area (Å²) in [4.78, 5) is 0. The van der Waals surface area contributed by atoms with Gasteiger partial charge in [-0.25, -0.2) is 0 Å². The van der Waals surface area contributed by atoms with Crippen LogP contribution < -0.4 is 10.6 Å². The monoisotopic (exact) mass is 232 g/mol. The molecule has 0 aliphatic carbocycles. The Kier molecular flexibility index (Phi) is 3.52. The molecule has 2 rings (SSSR count). The van der Waals surface area contributed by atoms with Crippen LogP contribution in [0.25, 0.3) is 11.1 Å². The summed E-state index contributed by atoms with van der Waals surface area (Å²) >= 11 is 0. The van der Waals surface area contributed by atoms with Crippen molar-refractivity contribution in [2.75, 3.05) is 6.66 Å². The van der Waals surface area contributed by atoms with Crippen molar-refractivity contribution in [2.24, 2.45) is 0 Å². The molecule has 0 saturated carbocycles. The highest BCUT2D eigenvalue weighted by molar-refractivity contribution is 7.46. The van der Waals surface area contributed by atoms with Crippen LogP contribution in [0.1, 0.15) is 0 Å². The van der Waals surface area contributed by atoms with Gasteiger partial charge < -0.3 is 0 Å². The Morgan fingerprint density at radius 2 is 1.47 bits per heavy atom. The van der Waals surface area contributed by atoms with Gasteiger partial charge in [0, 0.05) is 0 Å². The van der Waals surface area contributed by atoms with Crippen LogP contribution in [-0.4, -0.2) is 6.66 Å². The molecular formula is C13H14P2. The van der Waals surface area contributed by atoms with Crippen molar-refractivity contribution < 1.29 is 0 Å². The Morgan fingerprint density at radius 1 is 0.867 bits per heavy atom. The first-order valence-corrected chi connectivity index (χ1v) is 7.02. The Balaban J connectivity index is 2.59. The molecule has 2 heteroatoms. The SMILES string of the molecule is CPc1ccccc1-c1ccccc1P. The minimum Gasteiger partial charge on any atom is -0.105 e. The molecule has 2 unspecified atom stereocenters. The van der Waals surface area contributed by atoms with Crippen LogP contribution in [0.4, 0.5) is 0 Å². The smallest absolute Gasteiger partial charge is 0.0104 e. The lowest BCUT2D eigenvalue weighted by Gasteiger charge is -2.09. The maximum atomic E-state index is 2.81. The Hall–Kier alpha value is -0.700. The van der Waals surface area contributed by atoms with E-state index in [4.69, 9.17) is 0 Å². The molecule has 0 aromatic heterocycles. The molecule has 2 aromatic carbocycles. The minimum absolute atomic E-state index is 0.841. The molecule has 0 bridgehead atoms. The molecule has 0 heterocycles. The first-order chi connectivity index (χ1) is 7.33. The third kappa shape index (κ3) is 2.28. The Morgan fingerprint density at radius 3 is 2.13 bits per heavy atom. The van der Waals surface area contributed by atoms with Crippen LogP contribution in [0, 0.1) is 0 Å². The fourth-order valence-corrected chi connectivity index (χ4v) is 2.79. The van der Waals surface area contributed by atoms with Crippen molar-refractivity contribution in [1.29, 1.82) is 0 Å². The molecule has 2 aromatic rings. The fourth-order valence-electron chi connectivity index (χ4n) is 1.68. The van der Waals surface area contributed by atoms with Gasteiger partial charge in [0.2, 0.25) is 0 Å². The van der Waals surface area contributed by atoms with Crippen LogP contribution in [0.5, 0.6) is 0 Å². The molecule has 0 aliphatic rings. The molecule has 0 radical (unpaired) electrons. The summed E-state index contributed by atoms with van der Waals surface area (Å²) in [5, 5.41) is 2.70. The molecular weight excluding hydrogens is 218 g/mol. The molecule has 0 saturated heterocycles. The zero-order chi connectivity index (χ0) is 10.7. The van der Waals surface area contributed by atoms with E-state index in [1.807, 2.05) is 0 Å². The molecule has 0 spiro atoms. The predicted octanol–water partition coefficient (Wildman–Crippen LogP) is 2.79. The minimum atomic E-state index is 0.841. The zero-order valence-corrected chi connectivity index (χ0v) is 10.9. The fraction of sp³-hybridized carbons (Fsp3) is 0.0769. The van der Waals surface area contributed by atoms with Gasteiger partial charge in [0.1, 0.15) is 0 Å². The maximum absolute atomic E-state index is 2.81. The van der Waals surface area contributed by atoms with E-state index in [0.717, 1.165) is 8.58 Å². The van der Waals surface area contributed by atoms with Crippen molar-refractivity contribution >= 4 is 28.4 Å². The van der Waals surface area contributed by atoms with E-state index in [0.29, 0.717) is 0 Å². The van der Waals surface area contributed by atoms with Gasteiger partial charge in [-0.1, -0.05) is 57.1 Å². The molecule has 0 amide bonds. The predicted molar refractivity (Wildman–Crippen MR) is 75.1 cm³/mol. The standard InChI is InChI=1S/C13H14P2/c1-15-13-9-5-3-7-11(13)10-6-2-4-8-12(10)14/h2-9,15H,14H2,1H3. The summed E-state index contributed by atoms with van der Waals surface area (Å²) < 4.78 is 0. The van der Waals surface area contributed by atoms with E-state index in [9.17, 15) is 0 Å². The van der Waals surface area contributed by atoms with Crippen LogP contribution in [0.3, 0.4) is 0 Å². The lowest BCUT2D eigenvalue weighted by molar-refractivity contribution is 1.69. The average molecular weight is 232 g/mol. The average Bonchev–Trinajstić information content (AvgIpc) is 2.30. The Labute approximate surface area is 95.1 Å². The van der Waals surface area contributed by atoms with E-state index in [2.05, 4.69) is 64.4 Å². The second-order valence-corrected chi connectivity index (χ2v) is 5.04. The van der Waals surface area contributed by atoms with Gasteiger partial charge in [-0.15, -0.1) is 9.24 Å². The van der Waals surface area contributed by atoms with Crippen molar-refractivity contribution in [2.45, 2.75) is 0 Å². The topological polar surface area (TPSA) is 0 Å². The summed E-state index contributed by atoms with van der Waals surface area (Å²) in [7, 11) is 3.65. The summed E-state index contributed by atoms with van der Waals surface area (Å²) in [5.41, 5.74) is 2.69. The van der Waals surface area contributed by atoms with E-state index in [1.165, 1.54) is 21.7 Å². The third-order valence-corrected chi connectivity index (χ3v) is 3.93. The van der Waals surface area contributed by atoms with Crippen LogP contribution in [0.15, 0.2) is 48.5 Å². The van der Waals surface area contributed by atoms with Crippen LogP contribution in [0.2, 0.25) is 0 Å². The number of hydrogen-bond donors (Lipinski definition) is 0. The summed E-state index contributed by atoms with van der Waals surface area (Å²) in [6, 6.07) is 17.1. The van der Waals surface area contributed by atoms with Crippen LogP contribution in [-0.2, 0) is 0 Å². The van der Waals surface area contributed by atoms with Crippen molar-refractivity contribution in [3.8, 4) is 11.1 Å². The summed E-state index contributed by atoms with van der Waals surface area (Å²) in [6.45, 7) is 2.23. The Bertz CT molecular complexity index is 464. The molecule has 0 N–H and O–H groups in total. The first-order valence-electron chi connectivity index (χ1n) is 4.94. The lowest BCUT2D eigenvalue weighted by atomic mass is 10.1. The second kappa shape index (κ2) is 4.88. The largest absolute Gasteiger partial charge is 0.105 e. The second-order valence-electron chi connectivity index (χ2n) is 3.38. The van der Waals surface area contributed by atoms with Gasteiger partial charge >= 0.3 is 0 Å². The molecule has 0 nitrogen and oxygen atoms in total. The number of rotatable bonds is 2. The molecule has 0 fully saturated rings. The summed E-state index contributed by atoms with van der Waals surface area (Å²) in [6.07, 6.45) is 0. The molecule has 76 valence electrons. The normalized spacial score (nSPS) is 11.1. The van der Waals surface area contributed by atoms with Crippen molar-refractivity contribution in [3.05, 3.63) is 48.5 Å². The molecule has 15 heavy (non-hydrogen) atoms. The maximum Gasteiger partial charge on any atom is -0.0104 e. The van der Waals surface area contributed by atoms with E-state index in [1.54, 1.807) is 0 Å². The summed E-state index contributed by atoms with van der Waals surface area (Å²) in [5.74, 6) is 0. The van der Waals surface area contributed by atoms with Crippen molar-refractivity contribution in [1.82, 2.24) is 0 Å². The van der Waals surface area contributed by atoms with E-state index >= 15 is 0 Å². The van der Waals surface area contributed by atoms with E-state index < -0.39 is 0 Å². The van der Waals surface area contributed by atoms with Gasteiger partial charge in [0.15, 0.2) is 0 Å². The van der Waals surface area contributed by atoms with Gasteiger partial charge in [-0.3, -0.25) is 0 Å². The molecule has 2 atom stereocenters. The molecule has 0 aliphatic heterocycles. The van der Waals surface area contributed by atoms with Gasteiger partial charge in [0.25, 0.3) is 0 Å². The zero-order valence-electron chi connectivity index (χ0n) is 8.70. The first kappa shape index (κ1) is 10.8. The third-order valence-electron chi connectivity index (χ3n) is 2.45. The van der Waals surface area contributed by atoms with Crippen molar-refractivity contribution in [3.63, 3.8) is 0 Å². The van der Waals surface area contributed by atoms with Gasteiger partial charge in [-0.2, -0.15) is 0 Å². The van der Waals surface area contributed by atoms with Gasteiger partial charge in [0.05, 0.1) is 0 Å². The van der Waals surface area contributed by atoms with Crippen LogP contribution >= 0.6 is 17.8 Å². The number of benzene rings is 2. The highest BCUT2D eigenvalue weighted by atomic mass is 31.1. The lowest BCUT2D eigenvalue weighted by Crippen LogP contribution is -2.04. The highest BCUT2D eigenvalue weighted by Crippen LogP contribution is 2.21.